The Balaban J connectivity index is 1.82. The lowest BCUT2D eigenvalue weighted by Crippen LogP contribution is -3.11. The SMILES string of the molecule is C[NH+](CC(=O)Nc1ccc(Cl)cc1)CC(=O)Nc1ncc(Cl)cc1Cl. The van der Waals surface area contributed by atoms with Gasteiger partial charge in [0.1, 0.15) is 0 Å². The molecule has 1 aromatic carbocycles. The third-order valence-corrected chi connectivity index (χ3v) is 3.87. The largest absolute Gasteiger partial charge is 0.322 e. The average molecular weight is 403 g/mol. The highest BCUT2D eigenvalue weighted by Gasteiger charge is 2.16. The van der Waals surface area contributed by atoms with Crippen molar-refractivity contribution in [3.8, 4) is 0 Å². The van der Waals surface area contributed by atoms with E-state index >= 15 is 0 Å². The molecule has 25 heavy (non-hydrogen) atoms. The number of hydrogen-bond acceptors (Lipinski definition) is 3. The molecule has 1 aromatic heterocycles. The van der Waals surface area contributed by atoms with Crippen molar-refractivity contribution in [2.45, 2.75) is 0 Å². The van der Waals surface area contributed by atoms with Gasteiger partial charge in [0.25, 0.3) is 11.8 Å². The van der Waals surface area contributed by atoms with Crippen LogP contribution < -0.4 is 15.5 Å². The lowest BCUT2D eigenvalue weighted by Gasteiger charge is -2.14. The molecule has 6 nitrogen and oxygen atoms in total. The zero-order chi connectivity index (χ0) is 18.4. The number of benzene rings is 1. The Morgan fingerprint density at radius 2 is 1.60 bits per heavy atom. The van der Waals surface area contributed by atoms with Crippen LogP contribution in [0.25, 0.3) is 0 Å². The van der Waals surface area contributed by atoms with Crippen LogP contribution >= 0.6 is 34.8 Å². The molecule has 0 saturated carbocycles. The minimum absolute atomic E-state index is 0.0780. The summed E-state index contributed by atoms with van der Waals surface area (Å²) in [5.41, 5.74) is 0.642. The number of amides is 2. The zero-order valence-corrected chi connectivity index (χ0v) is 15.5. The second-order valence-corrected chi connectivity index (χ2v) is 6.68. The van der Waals surface area contributed by atoms with E-state index in [2.05, 4.69) is 15.6 Å². The van der Waals surface area contributed by atoms with Gasteiger partial charge in [0.05, 0.1) is 17.1 Å². The predicted octanol–water partition coefficient (Wildman–Crippen LogP) is 2.13. The molecule has 2 amide bonds. The first-order chi connectivity index (χ1) is 11.8. The van der Waals surface area contributed by atoms with Gasteiger partial charge < -0.3 is 15.5 Å². The van der Waals surface area contributed by atoms with Crippen molar-refractivity contribution >= 4 is 58.1 Å². The van der Waals surface area contributed by atoms with E-state index in [-0.39, 0.29) is 35.7 Å². The van der Waals surface area contributed by atoms with Crippen molar-refractivity contribution in [1.29, 1.82) is 0 Å². The number of carbonyl (C=O) groups excluding carboxylic acids is 2. The molecule has 2 rings (SSSR count). The molecule has 1 heterocycles. The smallest absolute Gasteiger partial charge is 0.280 e. The molecule has 9 heteroatoms. The Bertz CT molecular complexity index is 768. The van der Waals surface area contributed by atoms with Gasteiger partial charge in [0.2, 0.25) is 0 Å². The predicted molar refractivity (Wildman–Crippen MR) is 99.6 cm³/mol. The maximum Gasteiger partial charge on any atom is 0.280 e. The zero-order valence-electron chi connectivity index (χ0n) is 13.3. The third-order valence-electron chi connectivity index (χ3n) is 3.12. The maximum absolute atomic E-state index is 12.0. The van der Waals surface area contributed by atoms with Crippen molar-refractivity contribution < 1.29 is 14.5 Å². The van der Waals surface area contributed by atoms with Crippen LogP contribution in [0.3, 0.4) is 0 Å². The summed E-state index contributed by atoms with van der Waals surface area (Å²) in [6.45, 7) is 0.201. The Morgan fingerprint density at radius 3 is 2.20 bits per heavy atom. The first kappa shape index (κ1) is 19.5. The molecule has 0 aliphatic heterocycles. The van der Waals surface area contributed by atoms with Gasteiger partial charge in [-0.2, -0.15) is 0 Å². The van der Waals surface area contributed by atoms with Crippen LogP contribution in [-0.2, 0) is 9.59 Å². The topological polar surface area (TPSA) is 75.5 Å². The molecular weight excluding hydrogens is 387 g/mol. The highest BCUT2D eigenvalue weighted by atomic mass is 35.5. The van der Waals surface area contributed by atoms with Crippen LogP contribution in [-0.4, -0.2) is 36.9 Å². The van der Waals surface area contributed by atoms with Gasteiger partial charge in [-0.15, -0.1) is 0 Å². The van der Waals surface area contributed by atoms with Crippen molar-refractivity contribution in [1.82, 2.24) is 4.98 Å². The fraction of sp³-hybridized carbons (Fsp3) is 0.188. The van der Waals surface area contributed by atoms with Gasteiger partial charge in [0, 0.05) is 16.9 Å². The second-order valence-electron chi connectivity index (χ2n) is 5.40. The maximum atomic E-state index is 12.0. The van der Waals surface area contributed by atoms with E-state index in [0.717, 1.165) is 0 Å². The number of nitrogens with one attached hydrogen (secondary N) is 3. The van der Waals surface area contributed by atoms with E-state index in [1.165, 1.54) is 12.3 Å². The molecule has 2 aromatic rings. The molecule has 0 spiro atoms. The van der Waals surface area contributed by atoms with Crippen LogP contribution in [0.15, 0.2) is 36.5 Å². The molecule has 3 N–H and O–H groups in total. The molecule has 0 saturated heterocycles. The molecule has 0 aliphatic rings. The molecule has 0 aliphatic carbocycles. The van der Waals surface area contributed by atoms with E-state index in [0.29, 0.717) is 20.6 Å². The molecule has 1 unspecified atom stereocenters. The van der Waals surface area contributed by atoms with Gasteiger partial charge in [-0.3, -0.25) is 9.59 Å². The molecule has 0 fully saturated rings. The summed E-state index contributed by atoms with van der Waals surface area (Å²) in [5.74, 6) is -0.293. The van der Waals surface area contributed by atoms with E-state index in [1.807, 2.05) is 0 Å². The van der Waals surface area contributed by atoms with E-state index < -0.39 is 0 Å². The monoisotopic (exact) mass is 401 g/mol. The lowest BCUT2D eigenvalue weighted by molar-refractivity contribution is -0.862. The summed E-state index contributed by atoms with van der Waals surface area (Å²) in [4.78, 5) is 28.7. The van der Waals surface area contributed by atoms with E-state index in [4.69, 9.17) is 34.8 Å². The molecule has 0 radical (unpaired) electrons. The van der Waals surface area contributed by atoms with Crippen molar-refractivity contribution in [2.75, 3.05) is 30.8 Å². The fourth-order valence-electron chi connectivity index (χ4n) is 2.03. The number of aromatic nitrogens is 1. The number of quaternary nitrogens is 1. The Morgan fingerprint density at radius 1 is 1.00 bits per heavy atom. The van der Waals surface area contributed by atoms with Crippen LogP contribution in [0.5, 0.6) is 0 Å². The van der Waals surface area contributed by atoms with Crippen molar-refractivity contribution in [3.05, 3.63) is 51.6 Å². The minimum atomic E-state index is -0.312. The van der Waals surface area contributed by atoms with Crippen LogP contribution in [0.4, 0.5) is 11.5 Å². The number of carbonyl (C=O) groups is 2. The number of rotatable bonds is 6. The van der Waals surface area contributed by atoms with Crippen molar-refractivity contribution in [2.24, 2.45) is 0 Å². The fourth-order valence-corrected chi connectivity index (χ4v) is 2.59. The van der Waals surface area contributed by atoms with E-state index in [1.54, 1.807) is 31.3 Å². The Labute approximate surface area is 160 Å². The number of halogens is 3. The van der Waals surface area contributed by atoms with Gasteiger partial charge in [-0.05, 0) is 30.3 Å². The number of anilines is 2. The molecular formula is C16H16Cl3N4O2+. The molecule has 1 atom stereocenters. The number of nitrogens with zero attached hydrogens (tertiary/aromatic N) is 1. The van der Waals surface area contributed by atoms with Gasteiger partial charge in [-0.25, -0.2) is 4.98 Å². The first-order valence-corrected chi connectivity index (χ1v) is 8.44. The van der Waals surface area contributed by atoms with E-state index in [9.17, 15) is 9.59 Å². The summed E-state index contributed by atoms with van der Waals surface area (Å²) in [6.07, 6.45) is 1.39. The van der Waals surface area contributed by atoms with Crippen LogP contribution in [0.2, 0.25) is 15.1 Å². The third kappa shape index (κ3) is 6.51. The lowest BCUT2D eigenvalue weighted by atomic mass is 10.3. The Kier molecular flexibility index (Phi) is 7.01. The second kappa shape index (κ2) is 9.01. The number of likely N-dealkylation sites (N-methyl/N-ethyl adjacent to an activating group) is 1. The van der Waals surface area contributed by atoms with Gasteiger partial charge in [0.15, 0.2) is 18.9 Å². The normalized spacial score (nSPS) is 11.7. The Hall–Kier alpha value is -1.86. The highest BCUT2D eigenvalue weighted by Crippen LogP contribution is 2.22. The van der Waals surface area contributed by atoms with Crippen LogP contribution in [0.1, 0.15) is 0 Å². The van der Waals surface area contributed by atoms with Gasteiger partial charge in [-0.1, -0.05) is 34.8 Å². The quantitative estimate of drug-likeness (QED) is 0.693. The summed E-state index contributed by atoms with van der Waals surface area (Å²) >= 11 is 17.5. The summed E-state index contributed by atoms with van der Waals surface area (Å²) < 4.78 is 0. The van der Waals surface area contributed by atoms with Gasteiger partial charge >= 0.3 is 0 Å². The van der Waals surface area contributed by atoms with Crippen molar-refractivity contribution in [3.63, 3.8) is 0 Å². The highest BCUT2D eigenvalue weighted by molar-refractivity contribution is 6.36. The number of hydrogen-bond donors (Lipinski definition) is 3. The average Bonchev–Trinajstić information content (AvgIpc) is 2.52. The minimum Gasteiger partial charge on any atom is -0.322 e. The summed E-state index contributed by atoms with van der Waals surface area (Å²) in [6, 6.07) is 8.27. The summed E-state index contributed by atoms with van der Waals surface area (Å²) in [5, 5.41) is 6.55. The van der Waals surface area contributed by atoms with Crippen LogP contribution in [0, 0.1) is 0 Å². The standard InChI is InChI=1S/C16H15Cl3N4O2/c1-23(8-14(24)21-12-4-2-10(17)3-5-12)9-15(25)22-16-13(19)6-11(18)7-20-16/h2-7H,8-9H2,1H3,(H,21,24)(H,20,22,25)/p+1. The molecule has 132 valence electrons. The number of pyridine rings is 1. The molecule has 0 bridgehead atoms. The first-order valence-electron chi connectivity index (χ1n) is 7.31. The summed E-state index contributed by atoms with van der Waals surface area (Å²) in [7, 11) is 1.73.